The zero-order valence-corrected chi connectivity index (χ0v) is 11.5. The molecule has 2 aromatic carbocycles. The van der Waals surface area contributed by atoms with Crippen LogP contribution in [0.2, 0.25) is 0 Å². The van der Waals surface area contributed by atoms with Crippen molar-refractivity contribution in [2.45, 2.75) is 6.92 Å². The average Bonchev–Trinajstić information content (AvgIpc) is 2.68. The van der Waals surface area contributed by atoms with Crippen molar-refractivity contribution in [1.29, 1.82) is 0 Å². The van der Waals surface area contributed by atoms with Crippen molar-refractivity contribution >= 4 is 32.7 Å². The molecule has 0 saturated carbocycles. The minimum atomic E-state index is 0.518. The zero-order chi connectivity index (χ0) is 12.7. The summed E-state index contributed by atoms with van der Waals surface area (Å²) < 4.78 is 2.98. The normalized spacial score (nSPS) is 11.0. The molecule has 3 rings (SSSR count). The zero-order valence-electron chi connectivity index (χ0n) is 9.89. The van der Waals surface area contributed by atoms with Crippen molar-refractivity contribution in [1.82, 2.24) is 9.55 Å². The second kappa shape index (κ2) is 4.14. The molecule has 0 bridgehead atoms. The van der Waals surface area contributed by atoms with Crippen molar-refractivity contribution in [3.63, 3.8) is 0 Å². The molecule has 1 heterocycles. The molecule has 0 unspecified atom stereocenters. The van der Waals surface area contributed by atoms with Crippen LogP contribution in [0.3, 0.4) is 0 Å². The van der Waals surface area contributed by atoms with Crippen LogP contribution in [0.15, 0.2) is 47.1 Å². The lowest BCUT2D eigenvalue weighted by atomic mass is 10.1. The van der Waals surface area contributed by atoms with Gasteiger partial charge in [-0.2, -0.15) is 0 Å². The molecule has 0 aliphatic heterocycles. The first-order chi connectivity index (χ1) is 8.63. The van der Waals surface area contributed by atoms with Crippen LogP contribution in [-0.4, -0.2) is 9.55 Å². The van der Waals surface area contributed by atoms with E-state index in [1.807, 2.05) is 29.8 Å². The number of anilines is 1. The molecule has 0 atom stereocenters. The topological polar surface area (TPSA) is 43.8 Å². The SMILES string of the molecule is Cc1cn(-c2ccc3cc(Br)ccc3c2)c(N)n1. The molecule has 0 amide bonds. The summed E-state index contributed by atoms with van der Waals surface area (Å²) in [6.45, 7) is 1.94. The Kier molecular flexibility index (Phi) is 2.59. The number of nitrogens with zero attached hydrogens (tertiary/aromatic N) is 2. The van der Waals surface area contributed by atoms with Crippen LogP contribution in [0.1, 0.15) is 5.69 Å². The maximum atomic E-state index is 5.89. The third-order valence-corrected chi connectivity index (χ3v) is 3.41. The van der Waals surface area contributed by atoms with E-state index in [2.05, 4.69) is 45.2 Å². The van der Waals surface area contributed by atoms with Gasteiger partial charge in [0.15, 0.2) is 0 Å². The monoisotopic (exact) mass is 301 g/mol. The van der Waals surface area contributed by atoms with E-state index in [1.54, 1.807) is 0 Å². The molecular formula is C14H12BrN3. The van der Waals surface area contributed by atoms with E-state index in [-0.39, 0.29) is 0 Å². The first kappa shape index (κ1) is 11.3. The third-order valence-electron chi connectivity index (χ3n) is 2.92. The Balaban J connectivity index is 2.19. The second-order valence-corrected chi connectivity index (χ2v) is 5.20. The number of hydrogen-bond acceptors (Lipinski definition) is 2. The van der Waals surface area contributed by atoms with Crippen LogP contribution in [0.4, 0.5) is 5.95 Å². The number of nitrogen functional groups attached to an aromatic ring is 1. The number of hydrogen-bond donors (Lipinski definition) is 1. The van der Waals surface area contributed by atoms with E-state index in [0.717, 1.165) is 15.9 Å². The second-order valence-electron chi connectivity index (χ2n) is 4.29. The Hall–Kier alpha value is -1.81. The summed E-state index contributed by atoms with van der Waals surface area (Å²) in [7, 11) is 0. The maximum Gasteiger partial charge on any atom is 0.205 e. The van der Waals surface area contributed by atoms with Crippen LogP contribution >= 0.6 is 15.9 Å². The number of aryl methyl sites for hydroxylation is 1. The van der Waals surface area contributed by atoms with Crippen molar-refractivity contribution in [2.24, 2.45) is 0 Å². The van der Waals surface area contributed by atoms with Gasteiger partial charge in [0.25, 0.3) is 0 Å². The van der Waals surface area contributed by atoms with Gasteiger partial charge >= 0.3 is 0 Å². The van der Waals surface area contributed by atoms with Crippen LogP contribution in [0.5, 0.6) is 0 Å². The van der Waals surface area contributed by atoms with E-state index >= 15 is 0 Å². The first-order valence-corrected chi connectivity index (χ1v) is 6.44. The van der Waals surface area contributed by atoms with Gasteiger partial charge in [0.1, 0.15) is 0 Å². The predicted octanol–water partition coefficient (Wildman–Crippen LogP) is 3.68. The molecule has 0 aliphatic carbocycles. The van der Waals surface area contributed by atoms with E-state index < -0.39 is 0 Å². The number of nitrogens with two attached hydrogens (primary N) is 1. The summed E-state index contributed by atoms with van der Waals surface area (Å²) in [6, 6.07) is 12.5. The van der Waals surface area contributed by atoms with Gasteiger partial charge in [-0.25, -0.2) is 4.98 Å². The fourth-order valence-corrected chi connectivity index (χ4v) is 2.46. The molecule has 18 heavy (non-hydrogen) atoms. The Morgan fingerprint density at radius 2 is 1.83 bits per heavy atom. The van der Waals surface area contributed by atoms with Gasteiger partial charge in [-0.15, -0.1) is 0 Å². The molecule has 0 spiro atoms. The van der Waals surface area contributed by atoms with Crippen molar-refractivity contribution in [3.05, 3.63) is 52.8 Å². The largest absolute Gasteiger partial charge is 0.369 e. The third kappa shape index (κ3) is 1.88. The van der Waals surface area contributed by atoms with Gasteiger partial charge in [0.2, 0.25) is 5.95 Å². The fraction of sp³-hybridized carbons (Fsp3) is 0.0714. The van der Waals surface area contributed by atoms with Gasteiger partial charge in [-0.1, -0.05) is 28.1 Å². The van der Waals surface area contributed by atoms with Gasteiger partial charge in [0.05, 0.1) is 5.69 Å². The van der Waals surface area contributed by atoms with Gasteiger partial charge in [-0.3, -0.25) is 4.57 Å². The highest BCUT2D eigenvalue weighted by molar-refractivity contribution is 9.10. The molecule has 2 N–H and O–H groups in total. The highest BCUT2D eigenvalue weighted by Gasteiger charge is 2.04. The number of benzene rings is 2. The lowest BCUT2D eigenvalue weighted by molar-refractivity contribution is 1.08. The average molecular weight is 302 g/mol. The number of halogens is 1. The van der Waals surface area contributed by atoms with E-state index in [1.165, 1.54) is 10.8 Å². The van der Waals surface area contributed by atoms with Gasteiger partial charge in [-0.05, 0) is 42.0 Å². The van der Waals surface area contributed by atoms with E-state index in [9.17, 15) is 0 Å². The van der Waals surface area contributed by atoms with Crippen LogP contribution in [0.25, 0.3) is 16.5 Å². The number of imidazole rings is 1. The van der Waals surface area contributed by atoms with Crippen molar-refractivity contribution < 1.29 is 0 Å². The minimum Gasteiger partial charge on any atom is -0.369 e. The van der Waals surface area contributed by atoms with Gasteiger partial charge < -0.3 is 5.73 Å². The summed E-state index contributed by atoms with van der Waals surface area (Å²) in [5.74, 6) is 0.518. The molecule has 0 aliphatic rings. The number of aromatic nitrogens is 2. The number of fused-ring (bicyclic) bond motifs is 1. The summed E-state index contributed by atoms with van der Waals surface area (Å²) in [4.78, 5) is 4.21. The fourth-order valence-electron chi connectivity index (χ4n) is 2.08. The van der Waals surface area contributed by atoms with Gasteiger partial charge in [0, 0.05) is 16.4 Å². The van der Waals surface area contributed by atoms with E-state index in [4.69, 9.17) is 5.73 Å². The van der Waals surface area contributed by atoms with E-state index in [0.29, 0.717) is 5.95 Å². The summed E-state index contributed by atoms with van der Waals surface area (Å²) in [5.41, 5.74) is 7.84. The molecular weight excluding hydrogens is 290 g/mol. The van der Waals surface area contributed by atoms with Crippen molar-refractivity contribution in [3.8, 4) is 5.69 Å². The maximum absolute atomic E-state index is 5.89. The molecule has 0 fully saturated rings. The predicted molar refractivity (Wildman–Crippen MR) is 77.9 cm³/mol. The Bertz CT molecular complexity index is 731. The lowest BCUT2D eigenvalue weighted by Crippen LogP contribution is -1.99. The van der Waals surface area contributed by atoms with Crippen molar-refractivity contribution in [2.75, 3.05) is 5.73 Å². The summed E-state index contributed by atoms with van der Waals surface area (Å²) >= 11 is 3.48. The minimum absolute atomic E-state index is 0.518. The Morgan fingerprint density at radius 3 is 2.56 bits per heavy atom. The molecule has 3 aromatic rings. The molecule has 0 saturated heterocycles. The summed E-state index contributed by atoms with van der Waals surface area (Å²) in [5, 5.41) is 2.38. The first-order valence-electron chi connectivity index (χ1n) is 5.65. The molecule has 4 heteroatoms. The highest BCUT2D eigenvalue weighted by atomic mass is 79.9. The molecule has 0 radical (unpaired) electrons. The standard InChI is InChI=1S/C14H12BrN3/c1-9-8-18(14(16)17-9)13-5-3-10-6-12(15)4-2-11(10)7-13/h2-8H,1H3,(H2,16,17). The highest BCUT2D eigenvalue weighted by Crippen LogP contribution is 2.23. The lowest BCUT2D eigenvalue weighted by Gasteiger charge is -2.06. The van der Waals surface area contributed by atoms with Crippen LogP contribution in [-0.2, 0) is 0 Å². The molecule has 90 valence electrons. The Labute approximate surface area is 113 Å². The number of rotatable bonds is 1. The van der Waals surface area contributed by atoms with Crippen LogP contribution < -0.4 is 5.73 Å². The smallest absolute Gasteiger partial charge is 0.205 e. The van der Waals surface area contributed by atoms with Crippen LogP contribution in [0, 0.1) is 6.92 Å². The quantitative estimate of drug-likeness (QED) is 0.745. The molecule has 1 aromatic heterocycles. The summed E-state index contributed by atoms with van der Waals surface area (Å²) in [6.07, 6.45) is 1.94. The Morgan fingerprint density at radius 1 is 1.11 bits per heavy atom. The molecule has 3 nitrogen and oxygen atoms in total.